The summed E-state index contributed by atoms with van der Waals surface area (Å²) in [4.78, 5) is 31.1. The Hall–Kier alpha value is -3.25. The second-order valence-corrected chi connectivity index (χ2v) is 17.2. The number of benzene rings is 1. The van der Waals surface area contributed by atoms with E-state index in [0.717, 1.165) is 80.3 Å². The monoisotopic (exact) mass is 634 g/mol. The van der Waals surface area contributed by atoms with E-state index in [1.165, 1.54) is 0 Å². The van der Waals surface area contributed by atoms with E-state index in [1.54, 1.807) is 6.20 Å². The number of rotatable bonds is 12. The standard InChI is InChI=1S/C34H50N8O2S/c1-34(2,3)45(4,5)44-25-26-8-6-9-28(22-26)39-33-37-16-14-30(40-33)27-11-12-31(38-23-27)42-19-7-10-29(42)13-15-36-32(43)24-41-20-17-35-18-21-41/h6,8-9,11-12,14,16,22-23,29,35H,7,10,13,15,17-21,24-25H2,1-5H3,(H,36,43)(H,37,39,40). The van der Waals surface area contributed by atoms with Crippen molar-refractivity contribution >= 4 is 33.7 Å². The molecular formula is C34H50N8O2S. The molecule has 1 aromatic carbocycles. The normalized spacial score (nSPS) is 18.2. The number of amides is 1. The molecule has 11 heteroatoms. The lowest BCUT2D eigenvalue weighted by molar-refractivity contribution is -0.122. The van der Waals surface area contributed by atoms with E-state index >= 15 is 0 Å². The Morgan fingerprint density at radius 2 is 1.91 bits per heavy atom. The van der Waals surface area contributed by atoms with E-state index in [9.17, 15) is 4.79 Å². The SMILES string of the molecule is CC(C)(C)S(C)(C)OCc1cccc(Nc2nccc(-c3ccc(N4CCCC4CCNC(=O)CN4CCNCC4)nc3)n2)c1. The first kappa shape index (κ1) is 33.1. The largest absolute Gasteiger partial charge is 0.355 e. The van der Waals surface area contributed by atoms with Gasteiger partial charge < -0.3 is 25.0 Å². The lowest BCUT2D eigenvalue weighted by Gasteiger charge is -2.43. The first-order valence-corrected chi connectivity index (χ1v) is 18.4. The molecule has 2 saturated heterocycles. The molecule has 2 aliphatic rings. The maximum Gasteiger partial charge on any atom is 0.234 e. The highest BCUT2D eigenvalue weighted by molar-refractivity contribution is 8.29. The summed E-state index contributed by atoms with van der Waals surface area (Å²) in [5.74, 6) is 1.62. The van der Waals surface area contributed by atoms with Gasteiger partial charge in [0.15, 0.2) is 0 Å². The molecule has 1 amide bonds. The Labute approximate surface area is 270 Å². The first-order chi connectivity index (χ1) is 21.6. The number of carbonyl (C=O) groups excluding carboxylic acids is 1. The Morgan fingerprint density at radius 3 is 2.67 bits per heavy atom. The number of anilines is 3. The van der Waals surface area contributed by atoms with Crippen LogP contribution in [0.5, 0.6) is 0 Å². The smallest absolute Gasteiger partial charge is 0.234 e. The Balaban J connectivity index is 1.15. The highest BCUT2D eigenvalue weighted by atomic mass is 32.3. The maximum atomic E-state index is 12.4. The van der Waals surface area contributed by atoms with Gasteiger partial charge in [0.05, 0.1) is 18.8 Å². The van der Waals surface area contributed by atoms with Crippen molar-refractivity contribution in [1.29, 1.82) is 0 Å². The third-order valence-electron chi connectivity index (χ3n) is 8.93. The van der Waals surface area contributed by atoms with Crippen LogP contribution in [-0.4, -0.2) is 94.9 Å². The average molecular weight is 635 g/mol. The minimum Gasteiger partial charge on any atom is -0.355 e. The number of piperazine rings is 1. The van der Waals surface area contributed by atoms with Gasteiger partial charge in [-0.2, -0.15) is 0 Å². The van der Waals surface area contributed by atoms with Crippen LogP contribution in [0.3, 0.4) is 0 Å². The molecule has 0 saturated carbocycles. The highest BCUT2D eigenvalue weighted by Crippen LogP contribution is 2.54. The number of aromatic nitrogens is 3. The van der Waals surface area contributed by atoms with E-state index in [1.807, 2.05) is 24.4 Å². The molecule has 1 unspecified atom stereocenters. The number of nitrogens with one attached hydrogen (secondary N) is 3. The van der Waals surface area contributed by atoms with Crippen molar-refractivity contribution in [2.75, 3.05) is 68.5 Å². The zero-order valence-corrected chi connectivity index (χ0v) is 28.3. The van der Waals surface area contributed by atoms with Crippen LogP contribution in [0.4, 0.5) is 17.5 Å². The highest BCUT2D eigenvalue weighted by Gasteiger charge is 2.29. The van der Waals surface area contributed by atoms with Crippen molar-refractivity contribution in [3.05, 3.63) is 60.4 Å². The lowest BCUT2D eigenvalue weighted by atomic mass is 10.1. The molecule has 3 N–H and O–H groups in total. The van der Waals surface area contributed by atoms with Gasteiger partial charge in [0.1, 0.15) is 5.82 Å². The number of hydrogen-bond donors (Lipinski definition) is 3. The molecule has 0 radical (unpaired) electrons. The fourth-order valence-electron chi connectivity index (χ4n) is 5.49. The van der Waals surface area contributed by atoms with Crippen molar-refractivity contribution in [2.45, 2.75) is 57.4 Å². The molecule has 2 aliphatic heterocycles. The van der Waals surface area contributed by atoms with E-state index in [-0.39, 0.29) is 10.7 Å². The number of carbonyl (C=O) groups is 1. The summed E-state index contributed by atoms with van der Waals surface area (Å²) in [6.07, 6.45) is 11.3. The van der Waals surface area contributed by atoms with Crippen LogP contribution < -0.4 is 20.9 Å². The van der Waals surface area contributed by atoms with Gasteiger partial charge in [0.25, 0.3) is 0 Å². The van der Waals surface area contributed by atoms with Gasteiger partial charge >= 0.3 is 0 Å². The number of pyridine rings is 1. The Morgan fingerprint density at radius 1 is 1.09 bits per heavy atom. The van der Waals surface area contributed by atoms with Crippen LogP contribution in [0.2, 0.25) is 0 Å². The summed E-state index contributed by atoms with van der Waals surface area (Å²) in [7, 11) is -1.20. The zero-order valence-electron chi connectivity index (χ0n) is 27.5. The fourth-order valence-corrected chi connectivity index (χ4v) is 6.28. The Bertz CT molecular complexity index is 1410. The molecule has 10 nitrogen and oxygen atoms in total. The molecule has 1 atom stereocenters. The zero-order chi connectivity index (χ0) is 31.9. The summed E-state index contributed by atoms with van der Waals surface area (Å²) in [5, 5.41) is 9.82. The van der Waals surface area contributed by atoms with Gasteiger partial charge in [-0.15, -0.1) is 10.3 Å². The molecule has 45 heavy (non-hydrogen) atoms. The predicted octanol–water partition coefficient (Wildman–Crippen LogP) is 4.96. The Kier molecular flexibility index (Phi) is 11.0. The van der Waals surface area contributed by atoms with E-state index < -0.39 is 10.3 Å². The minimum absolute atomic E-state index is 0.115. The van der Waals surface area contributed by atoms with Crippen LogP contribution in [-0.2, 0) is 15.6 Å². The molecule has 244 valence electrons. The maximum absolute atomic E-state index is 12.4. The summed E-state index contributed by atoms with van der Waals surface area (Å²) in [5.41, 5.74) is 3.78. The minimum atomic E-state index is -1.20. The molecular weight excluding hydrogens is 584 g/mol. The van der Waals surface area contributed by atoms with E-state index in [4.69, 9.17) is 14.2 Å². The molecule has 0 aliphatic carbocycles. The van der Waals surface area contributed by atoms with Gasteiger partial charge in [-0.3, -0.25) is 9.69 Å². The molecule has 3 aromatic rings. The summed E-state index contributed by atoms with van der Waals surface area (Å²) in [6.45, 7) is 13.2. The fraction of sp³-hybridized carbons (Fsp3) is 0.529. The molecule has 2 fully saturated rings. The summed E-state index contributed by atoms with van der Waals surface area (Å²) >= 11 is 0. The second-order valence-electron chi connectivity index (χ2n) is 13.3. The van der Waals surface area contributed by atoms with Gasteiger partial charge in [0.2, 0.25) is 11.9 Å². The summed E-state index contributed by atoms with van der Waals surface area (Å²) in [6, 6.07) is 14.7. The van der Waals surface area contributed by atoms with Crippen molar-refractivity contribution in [3.63, 3.8) is 0 Å². The van der Waals surface area contributed by atoms with E-state index in [2.05, 4.69) is 88.3 Å². The van der Waals surface area contributed by atoms with Gasteiger partial charge in [-0.25, -0.2) is 15.0 Å². The summed E-state index contributed by atoms with van der Waals surface area (Å²) < 4.78 is 6.48. The van der Waals surface area contributed by atoms with Crippen LogP contribution in [0.1, 0.15) is 45.6 Å². The van der Waals surface area contributed by atoms with Crippen LogP contribution in [0.25, 0.3) is 11.3 Å². The van der Waals surface area contributed by atoms with Crippen molar-refractivity contribution in [3.8, 4) is 11.3 Å². The first-order valence-electron chi connectivity index (χ1n) is 16.1. The van der Waals surface area contributed by atoms with Crippen LogP contribution in [0.15, 0.2) is 54.9 Å². The van der Waals surface area contributed by atoms with Crippen LogP contribution >= 0.6 is 10.3 Å². The molecule has 4 heterocycles. The van der Waals surface area contributed by atoms with Crippen molar-refractivity contribution < 1.29 is 8.98 Å². The van der Waals surface area contributed by atoms with Gasteiger partial charge in [-0.1, -0.05) is 32.9 Å². The van der Waals surface area contributed by atoms with Gasteiger partial charge in [-0.05, 0) is 67.7 Å². The number of hydrogen-bond acceptors (Lipinski definition) is 9. The van der Waals surface area contributed by atoms with Crippen molar-refractivity contribution in [1.82, 2.24) is 30.5 Å². The third kappa shape index (κ3) is 9.16. The topological polar surface area (TPSA) is 108 Å². The van der Waals surface area contributed by atoms with Gasteiger partial charge in [0, 0.05) is 73.7 Å². The van der Waals surface area contributed by atoms with Crippen LogP contribution in [0, 0.1) is 0 Å². The molecule has 0 spiro atoms. The predicted molar refractivity (Wildman–Crippen MR) is 186 cm³/mol. The lowest BCUT2D eigenvalue weighted by Crippen LogP contribution is -2.47. The molecule has 0 bridgehead atoms. The third-order valence-corrected chi connectivity index (χ3v) is 12.6. The van der Waals surface area contributed by atoms with E-state index in [0.29, 0.717) is 31.7 Å². The average Bonchev–Trinajstić information content (AvgIpc) is 3.49. The molecule has 2 aromatic heterocycles. The molecule has 5 rings (SSSR count). The number of nitrogens with zero attached hydrogens (tertiary/aromatic N) is 5. The second kappa shape index (κ2) is 14.9. The van der Waals surface area contributed by atoms with Crippen molar-refractivity contribution in [2.24, 2.45) is 0 Å². The quantitative estimate of drug-likeness (QED) is 0.255.